The van der Waals surface area contributed by atoms with Gasteiger partial charge in [-0.05, 0) is 36.1 Å². The van der Waals surface area contributed by atoms with Gasteiger partial charge in [0.15, 0.2) is 0 Å². The van der Waals surface area contributed by atoms with Crippen molar-refractivity contribution in [3.8, 4) is 0 Å². The maximum absolute atomic E-state index is 13.5. The smallest absolute Gasteiger partial charge is 0.227 e. The summed E-state index contributed by atoms with van der Waals surface area (Å²) in [7, 11) is 1.97. The van der Waals surface area contributed by atoms with Crippen LogP contribution < -0.4 is 0 Å². The molecular weight excluding hydrogens is 350 g/mol. The van der Waals surface area contributed by atoms with Gasteiger partial charge < -0.3 is 9.64 Å². The SMILES string of the molecule is CN(C(=O)[C@@H]1CN(Cc2ccccc2)C[C@H]1c1ccncc1)C1CCOCC1. The van der Waals surface area contributed by atoms with Gasteiger partial charge in [0.05, 0.1) is 5.92 Å². The first kappa shape index (κ1) is 19.1. The molecule has 2 saturated heterocycles. The number of carbonyl (C=O) groups is 1. The first-order valence-corrected chi connectivity index (χ1v) is 10.2. The number of rotatable bonds is 5. The highest BCUT2D eigenvalue weighted by atomic mass is 16.5. The van der Waals surface area contributed by atoms with Gasteiger partial charge in [-0.3, -0.25) is 14.7 Å². The molecule has 0 unspecified atom stereocenters. The normalized spacial score (nSPS) is 23.6. The molecular formula is C23H29N3O2. The van der Waals surface area contributed by atoms with E-state index >= 15 is 0 Å². The maximum Gasteiger partial charge on any atom is 0.227 e. The van der Waals surface area contributed by atoms with Crippen LogP contribution in [0.25, 0.3) is 0 Å². The Morgan fingerprint density at radius 2 is 1.82 bits per heavy atom. The molecule has 5 heteroatoms. The van der Waals surface area contributed by atoms with E-state index in [9.17, 15) is 4.79 Å². The Morgan fingerprint density at radius 1 is 1.11 bits per heavy atom. The second-order valence-electron chi connectivity index (χ2n) is 7.97. The monoisotopic (exact) mass is 379 g/mol. The first-order valence-electron chi connectivity index (χ1n) is 10.2. The zero-order chi connectivity index (χ0) is 19.3. The molecule has 2 aliphatic rings. The van der Waals surface area contributed by atoms with Gasteiger partial charge in [-0.2, -0.15) is 0 Å². The van der Waals surface area contributed by atoms with E-state index in [-0.39, 0.29) is 17.7 Å². The maximum atomic E-state index is 13.5. The Kier molecular flexibility index (Phi) is 6.03. The molecule has 148 valence electrons. The van der Waals surface area contributed by atoms with E-state index < -0.39 is 0 Å². The molecule has 0 N–H and O–H groups in total. The fourth-order valence-corrected chi connectivity index (χ4v) is 4.57. The second kappa shape index (κ2) is 8.84. The van der Waals surface area contributed by atoms with Gasteiger partial charge in [0.2, 0.25) is 5.91 Å². The molecule has 0 spiro atoms. The Labute approximate surface area is 167 Å². The summed E-state index contributed by atoms with van der Waals surface area (Å²) in [6.07, 6.45) is 5.53. The van der Waals surface area contributed by atoms with E-state index in [1.54, 1.807) is 0 Å². The summed E-state index contributed by atoms with van der Waals surface area (Å²) in [6.45, 7) is 4.08. The minimum absolute atomic E-state index is 0.0149. The summed E-state index contributed by atoms with van der Waals surface area (Å²) >= 11 is 0. The van der Waals surface area contributed by atoms with Crippen LogP contribution in [0.1, 0.15) is 29.9 Å². The lowest BCUT2D eigenvalue weighted by Crippen LogP contribution is -2.45. The second-order valence-corrected chi connectivity index (χ2v) is 7.97. The van der Waals surface area contributed by atoms with E-state index in [1.165, 1.54) is 11.1 Å². The van der Waals surface area contributed by atoms with E-state index in [2.05, 4.69) is 46.3 Å². The fraction of sp³-hybridized carbons (Fsp3) is 0.478. The quantitative estimate of drug-likeness (QED) is 0.801. The standard InChI is InChI=1S/C23H29N3O2/c1-25(20-9-13-28-14-10-20)23(27)22-17-26(15-18-5-3-2-4-6-18)16-21(22)19-7-11-24-12-8-19/h2-8,11-12,20-22H,9-10,13-17H2,1H3/t21-,22+/m0/s1. The Morgan fingerprint density at radius 3 is 2.54 bits per heavy atom. The van der Waals surface area contributed by atoms with E-state index in [4.69, 9.17) is 4.74 Å². The molecule has 0 radical (unpaired) electrons. The first-order chi connectivity index (χ1) is 13.7. The topological polar surface area (TPSA) is 45.7 Å². The molecule has 2 atom stereocenters. The third-order valence-electron chi connectivity index (χ3n) is 6.18. The lowest BCUT2D eigenvalue weighted by atomic mass is 9.88. The van der Waals surface area contributed by atoms with E-state index in [0.29, 0.717) is 6.04 Å². The van der Waals surface area contributed by atoms with Gasteiger partial charge in [0.25, 0.3) is 0 Å². The van der Waals surface area contributed by atoms with E-state index in [1.807, 2.05) is 30.4 Å². The average Bonchev–Trinajstić information content (AvgIpc) is 3.18. The predicted molar refractivity (Wildman–Crippen MR) is 109 cm³/mol. The fourth-order valence-electron chi connectivity index (χ4n) is 4.57. The molecule has 2 aliphatic heterocycles. The van der Waals surface area contributed by atoms with Crippen molar-refractivity contribution in [2.24, 2.45) is 5.92 Å². The number of nitrogens with zero attached hydrogens (tertiary/aromatic N) is 3. The Hall–Kier alpha value is -2.24. The van der Waals surface area contributed by atoms with Crippen LogP contribution in [0.5, 0.6) is 0 Å². The van der Waals surface area contributed by atoms with Crippen LogP contribution in [0.4, 0.5) is 0 Å². The van der Waals surface area contributed by atoms with Crippen LogP contribution in [0.15, 0.2) is 54.9 Å². The van der Waals surface area contributed by atoms with Crippen molar-refractivity contribution in [2.45, 2.75) is 31.3 Å². The van der Waals surface area contributed by atoms with Crippen molar-refractivity contribution >= 4 is 5.91 Å². The number of aromatic nitrogens is 1. The number of carbonyl (C=O) groups excluding carboxylic acids is 1. The Bertz CT molecular complexity index is 762. The van der Waals surface area contributed by atoms with Crippen molar-refractivity contribution < 1.29 is 9.53 Å². The molecule has 28 heavy (non-hydrogen) atoms. The van der Waals surface area contributed by atoms with Crippen LogP contribution in [0.2, 0.25) is 0 Å². The summed E-state index contributed by atoms with van der Waals surface area (Å²) in [4.78, 5) is 22.0. The van der Waals surface area contributed by atoms with Crippen molar-refractivity contribution in [3.05, 3.63) is 66.0 Å². The zero-order valence-corrected chi connectivity index (χ0v) is 16.5. The number of pyridine rings is 1. The van der Waals surface area contributed by atoms with Crippen molar-refractivity contribution in [1.82, 2.24) is 14.8 Å². The Balaban J connectivity index is 1.52. The van der Waals surface area contributed by atoms with Gasteiger partial charge in [-0.1, -0.05) is 30.3 Å². The minimum atomic E-state index is -0.0149. The highest BCUT2D eigenvalue weighted by Crippen LogP contribution is 2.35. The lowest BCUT2D eigenvalue weighted by molar-refractivity contribution is -0.138. The summed E-state index contributed by atoms with van der Waals surface area (Å²) in [5, 5.41) is 0. The number of hydrogen-bond donors (Lipinski definition) is 0. The zero-order valence-electron chi connectivity index (χ0n) is 16.5. The van der Waals surface area contributed by atoms with Gasteiger partial charge in [0, 0.05) is 64.2 Å². The molecule has 5 nitrogen and oxygen atoms in total. The molecule has 1 aromatic heterocycles. The van der Waals surface area contributed by atoms with Gasteiger partial charge in [0.1, 0.15) is 0 Å². The van der Waals surface area contributed by atoms with Crippen LogP contribution in [0, 0.1) is 5.92 Å². The summed E-state index contributed by atoms with van der Waals surface area (Å²) < 4.78 is 5.48. The molecule has 2 fully saturated rings. The number of likely N-dealkylation sites (tertiary alicyclic amines) is 1. The van der Waals surface area contributed by atoms with Gasteiger partial charge in [-0.15, -0.1) is 0 Å². The van der Waals surface area contributed by atoms with Crippen molar-refractivity contribution in [3.63, 3.8) is 0 Å². The van der Waals surface area contributed by atoms with E-state index in [0.717, 1.165) is 45.7 Å². The molecule has 0 saturated carbocycles. The molecule has 0 bridgehead atoms. The predicted octanol–water partition coefficient (Wildman–Crippen LogP) is 2.93. The van der Waals surface area contributed by atoms with Crippen molar-refractivity contribution in [2.75, 3.05) is 33.4 Å². The van der Waals surface area contributed by atoms with Crippen LogP contribution >= 0.6 is 0 Å². The molecule has 3 heterocycles. The molecule has 1 aromatic carbocycles. The van der Waals surface area contributed by atoms with Gasteiger partial charge >= 0.3 is 0 Å². The van der Waals surface area contributed by atoms with Crippen molar-refractivity contribution in [1.29, 1.82) is 0 Å². The molecule has 1 amide bonds. The van der Waals surface area contributed by atoms with Crippen LogP contribution in [-0.2, 0) is 16.1 Å². The highest BCUT2D eigenvalue weighted by molar-refractivity contribution is 5.80. The van der Waals surface area contributed by atoms with Crippen LogP contribution in [-0.4, -0.2) is 60.1 Å². The summed E-state index contributed by atoms with van der Waals surface area (Å²) in [5.41, 5.74) is 2.51. The number of benzene rings is 1. The average molecular weight is 380 g/mol. The molecule has 4 rings (SSSR count). The molecule has 2 aromatic rings. The summed E-state index contributed by atoms with van der Waals surface area (Å²) in [5.74, 6) is 0.463. The van der Waals surface area contributed by atoms with Crippen LogP contribution in [0.3, 0.4) is 0 Å². The largest absolute Gasteiger partial charge is 0.381 e. The molecule has 0 aliphatic carbocycles. The lowest BCUT2D eigenvalue weighted by Gasteiger charge is -2.34. The number of ether oxygens (including phenoxy) is 1. The highest BCUT2D eigenvalue weighted by Gasteiger charge is 2.40. The third-order valence-corrected chi connectivity index (χ3v) is 6.18. The van der Waals surface area contributed by atoms with Gasteiger partial charge in [-0.25, -0.2) is 0 Å². The number of amides is 1. The summed E-state index contributed by atoms with van der Waals surface area (Å²) in [6, 6.07) is 14.9. The number of hydrogen-bond acceptors (Lipinski definition) is 4. The minimum Gasteiger partial charge on any atom is -0.381 e. The third kappa shape index (κ3) is 4.26.